The van der Waals surface area contributed by atoms with Crippen molar-refractivity contribution in [3.63, 3.8) is 0 Å². The van der Waals surface area contributed by atoms with Crippen LogP contribution in [0.1, 0.15) is 12.0 Å². The number of pyridine rings is 1. The van der Waals surface area contributed by atoms with E-state index in [1.165, 1.54) is 6.07 Å². The molecule has 3 aromatic heterocycles. The zero-order chi connectivity index (χ0) is 19.7. The summed E-state index contributed by atoms with van der Waals surface area (Å²) in [5.41, 5.74) is 3.03. The van der Waals surface area contributed by atoms with Gasteiger partial charge in [0.05, 0.1) is 41.2 Å². The summed E-state index contributed by atoms with van der Waals surface area (Å²) < 4.78 is 31.9. The van der Waals surface area contributed by atoms with Crippen molar-refractivity contribution in [3.8, 4) is 11.4 Å². The van der Waals surface area contributed by atoms with Crippen LogP contribution >= 0.6 is 31.9 Å². The monoisotopic (exact) mass is 509 g/mol. The van der Waals surface area contributed by atoms with E-state index in [0.717, 1.165) is 21.2 Å². The highest BCUT2D eigenvalue weighted by atomic mass is 79.9. The number of imidazole rings is 2. The lowest BCUT2D eigenvalue weighted by Crippen LogP contribution is -2.03. The molecule has 0 aliphatic heterocycles. The van der Waals surface area contributed by atoms with Crippen LogP contribution in [0.2, 0.25) is 0 Å². The SMILES string of the molecule is FCCCn1c(-c2cncc(Cn3cncc3Br)c2)nc2cc(F)c(Br)cc21. The number of nitrogens with zero attached hydrogens (tertiary/aromatic N) is 5. The minimum Gasteiger partial charge on any atom is -0.324 e. The maximum absolute atomic E-state index is 14.0. The van der Waals surface area contributed by atoms with Crippen molar-refractivity contribution in [1.82, 2.24) is 24.1 Å². The van der Waals surface area contributed by atoms with E-state index in [1.807, 2.05) is 15.2 Å². The van der Waals surface area contributed by atoms with Gasteiger partial charge in [-0.05, 0) is 56.0 Å². The van der Waals surface area contributed by atoms with E-state index >= 15 is 0 Å². The molecule has 5 nitrogen and oxygen atoms in total. The summed E-state index contributed by atoms with van der Waals surface area (Å²) in [5, 5.41) is 0. The molecule has 0 saturated carbocycles. The molecule has 28 heavy (non-hydrogen) atoms. The summed E-state index contributed by atoms with van der Waals surface area (Å²) in [4.78, 5) is 13.0. The molecule has 1 aromatic carbocycles. The Labute approximate surface area is 176 Å². The standard InChI is InChI=1S/C19H15Br2F2N5/c20-14-5-17-16(6-15(14)23)26-19(28(17)3-1-2-22)13-4-12(7-24-8-13)10-27-11-25-9-18(27)21/h4-9,11H,1-3,10H2. The van der Waals surface area contributed by atoms with E-state index < -0.39 is 6.67 Å². The number of halogens is 4. The number of hydrogen-bond acceptors (Lipinski definition) is 3. The normalized spacial score (nSPS) is 11.4. The van der Waals surface area contributed by atoms with Gasteiger partial charge in [-0.3, -0.25) is 9.37 Å². The van der Waals surface area contributed by atoms with Crippen LogP contribution in [0.5, 0.6) is 0 Å². The molecule has 4 rings (SSSR count). The van der Waals surface area contributed by atoms with Gasteiger partial charge in [-0.25, -0.2) is 14.4 Å². The first kappa shape index (κ1) is 19.2. The topological polar surface area (TPSA) is 48.5 Å². The van der Waals surface area contributed by atoms with Gasteiger partial charge in [0, 0.05) is 30.6 Å². The largest absolute Gasteiger partial charge is 0.324 e. The number of aryl methyl sites for hydroxylation is 1. The molecule has 0 radical (unpaired) electrons. The first-order valence-corrected chi connectivity index (χ1v) is 10.2. The lowest BCUT2D eigenvalue weighted by Gasteiger charge is -2.10. The predicted octanol–water partition coefficient (Wildman–Crippen LogP) is 5.37. The highest BCUT2D eigenvalue weighted by Crippen LogP contribution is 2.29. The first-order chi connectivity index (χ1) is 13.6. The minimum atomic E-state index is -0.436. The average Bonchev–Trinajstić information content (AvgIpc) is 3.24. The van der Waals surface area contributed by atoms with Gasteiger partial charge in [0.2, 0.25) is 0 Å². The molecule has 9 heteroatoms. The van der Waals surface area contributed by atoms with Crippen molar-refractivity contribution in [2.45, 2.75) is 19.5 Å². The van der Waals surface area contributed by atoms with Gasteiger partial charge in [-0.15, -0.1) is 0 Å². The van der Waals surface area contributed by atoms with Crippen LogP contribution < -0.4 is 0 Å². The Morgan fingerprint density at radius 3 is 2.64 bits per heavy atom. The zero-order valence-corrected chi connectivity index (χ0v) is 17.8. The van der Waals surface area contributed by atoms with Crippen LogP contribution in [-0.2, 0) is 13.1 Å². The van der Waals surface area contributed by atoms with Crippen LogP contribution in [0, 0.1) is 5.82 Å². The summed E-state index contributed by atoms with van der Waals surface area (Å²) in [6.45, 7) is 0.596. The number of fused-ring (bicyclic) bond motifs is 1. The second-order valence-corrected chi connectivity index (χ2v) is 7.98. The minimum absolute atomic E-state index is 0.350. The molecule has 0 saturated heterocycles. The predicted molar refractivity (Wildman–Crippen MR) is 110 cm³/mol. The Balaban J connectivity index is 1.79. The Morgan fingerprint density at radius 2 is 1.89 bits per heavy atom. The average molecular weight is 511 g/mol. The van der Waals surface area contributed by atoms with Crippen molar-refractivity contribution in [1.29, 1.82) is 0 Å². The molecule has 0 bridgehead atoms. The molecule has 3 heterocycles. The van der Waals surface area contributed by atoms with E-state index in [2.05, 4.69) is 46.8 Å². The summed E-state index contributed by atoms with van der Waals surface area (Å²) >= 11 is 6.67. The molecule has 0 unspecified atom stereocenters. The summed E-state index contributed by atoms with van der Waals surface area (Å²) in [6, 6.07) is 5.05. The molecule has 0 aliphatic carbocycles. The molecular weight excluding hydrogens is 496 g/mol. The van der Waals surface area contributed by atoms with Gasteiger partial charge in [0.25, 0.3) is 0 Å². The van der Waals surface area contributed by atoms with Crippen LogP contribution in [-0.4, -0.2) is 30.8 Å². The number of hydrogen-bond donors (Lipinski definition) is 0. The Hall–Kier alpha value is -2.13. The molecule has 0 N–H and O–H groups in total. The van der Waals surface area contributed by atoms with Gasteiger partial charge in [0.1, 0.15) is 16.2 Å². The van der Waals surface area contributed by atoms with Crippen molar-refractivity contribution in [3.05, 3.63) is 63.6 Å². The van der Waals surface area contributed by atoms with Crippen LogP contribution in [0.4, 0.5) is 8.78 Å². The van der Waals surface area contributed by atoms with Crippen molar-refractivity contribution in [2.24, 2.45) is 0 Å². The molecule has 0 fully saturated rings. The van der Waals surface area contributed by atoms with Gasteiger partial charge >= 0.3 is 0 Å². The smallest absolute Gasteiger partial charge is 0.142 e. The van der Waals surface area contributed by atoms with E-state index in [9.17, 15) is 8.78 Å². The van der Waals surface area contributed by atoms with E-state index in [-0.39, 0.29) is 5.82 Å². The number of benzene rings is 1. The lowest BCUT2D eigenvalue weighted by molar-refractivity contribution is 0.450. The van der Waals surface area contributed by atoms with E-state index in [0.29, 0.717) is 35.3 Å². The Morgan fingerprint density at radius 1 is 1.04 bits per heavy atom. The number of aromatic nitrogens is 5. The van der Waals surface area contributed by atoms with Crippen LogP contribution in [0.25, 0.3) is 22.4 Å². The lowest BCUT2D eigenvalue weighted by atomic mass is 10.2. The molecule has 4 aromatic rings. The fourth-order valence-electron chi connectivity index (χ4n) is 3.10. The third kappa shape index (κ3) is 3.73. The van der Waals surface area contributed by atoms with Crippen molar-refractivity contribution >= 4 is 42.9 Å². The fraction of sp³-hybridized carbons (Fsp3) is 0.211. The summed E-state index contributed by atoms with van der Waals surface area (Å²) in [7, 11) is 0. The van der Waals surface area contributed by atoms with Crippen LogP contribution in [0.3, 0.4) is 0 Å². The van der Waals surface area contributed by atoms with Crippen molar-refractivity contribution < 1.29 is 8.78 Å². The molecule has 0 spiro atoms. The zero-order valence-electron chi connectivity index (χ0n) is 14.6. The van der Waals surface area contributed by atoms with E-state index in [1.54, 1.807) is 31.0 Å². The fourth-order valence-corrected chi connectivity index (χ4v) is 3.77. The highest BCUT2D eigenvalue weighted by molar-refractivity contribution is 9.10. The Kier molecular flexibility index (Phi) is 5.54. The maximum Gasteiger partial charge on any atom is 0.142 e. The van der Waals surface area contributed by atoms with Crippen LogP contribution in [0.15, 0.2) is 52.2 Å². The molecule has 0 aliphatic rings. The van der Waals surface area contributed by atoms with Gasteiger partial charge < -0.3 is 9.13 Å². The quantitative estimate of drug-likeness (QED) is 0.350. The van der Waals surface area contributed by atoms with Crippen molar-refractivity contribution in [2.75, 3.05) is 6.67 Å². The number of alkyl halides is 1. The Bertz CT molecular complexity index is 1140. The summed E-state index contributed by atoms with van der Waals surface area (Å²) in [5.74, 6) is 0.256. The first-order valence-electron chi connectivity index (χ1n) is 8.58. The van der Waals surface area contributed by atoms with Gasteiger partial charge in [0.15, 0.2) is 0 Å². The molecule has 144 valence electrons. The van der Waals surface area contributed by atoms with Gasteiger partial charge in [-0.1, -0.05) is 0 Å². The second-order valence-electron chi connectivity index (χ2n) is 6.31. The second kappa shape index (κ2) is 8.08. The molecule has 0 atom stereocenters. The maximum atomic E-state index is 14.0. The number of rotatable bonds is 6. The third-order valence-electron chi connectivity index (χ3n) is 4.37. The highest BCUT2D eigenvalue weighted by Gasteiger charge is 2.16. The summed E-state index contributed by atoms with van der Waals surface area (Å²) in [6.07, 6.45) is 7.29. The van der Waals surface area contributed by atoms with Gasteiger partial charge in [-0.2, -0.15) is 0 Å². The van der Waals surface area contributed by atoms with E-state index in [4.69, 9.17) is 0 Å². The molecular formula is C19H15Br2F2N5. The third-order valence-corrected chi connectivity index (χ3v) is 5.64. The molecule has 0 amide bonds.